The van der Waals surface area contributed by atoms with E-state index >= 15 is 0 Å². The van der Waals surface area contributed by atoms with Crippen LogP contribution in [0, 0.1) is 0 Å². The summed E-state index contributed by atoms with van der Waals surface area (Å²) in [5, 5.41) is 6.08. The number of carbonyl (C=O) groups is 1. The monoisotopic (exact) mass is 490 g/mol. The SMILES string of the molecule is COc1ccc(Br)c(/C=N/NC(=O)COc2ccc3ccccc3c2Br)c1. The van der Waals surface area contributed by atoms with Gasteiger partial charge < -0.3 is 9.47 Å². The maximum Gasteiger partial charge on any atom is 0.277 e. The van der Waals surface area contributed by atoms with E-state index in [-0.39, 0.29) is 12.5 Å². The molecule has 3 rings (SSSR count). The van der Waals surface area contributed by atoms with Crippen molar-refractivity contribution < 1.29 is 14.3 Å². The van der Waals surface area contributed by atoms with E-state index in [2.05, 4.69) is 42.4 Å². The van der Waals surface area contributed by atoms with Crippen LogP contribution in [-0.2, 0) is 4.79 Å². The van der Waals surface area contributed by atoms with E-state index in [1.54, 1.807) is 7.11 Å². The van der Waals surface area contributed by atoms with Gasteiger partial charge in [-0.25, -0.2) is 5.43 Å². The molecule has 0 unspecified atom stereocenters. The average Bonchev–Trinajstić information content (AvgIpc) is 2.69. The standard InChI is InChI=1S/C20H16Br2N2O3/c1-26-15-7-8-17(21)14(10-15)11-23-24-19(25)12-27-18-9-6-13-4-2-3-5-16(13)20(18)22/h2-11H,12H2,1H3,(H,24,25)/b23-11+. The number of hydrogen-bond acceptors (Lipinski definition) is 4. The third-order valence-electron chi connectivity index (χ3n) is 3.78. The summed E-state index contributed by atoms with van der Waals surface area (Å²) in [6.45, 7) is -0.145. The zero-order chi connectivity index (χ0) is 19.2. The molecule has 1 amide bonds. The molecular weight excluding hydrogens is 476 g/mol. The van der Waals surface area contributed by atoms with E-state index in [1.165, 1.54) is 6.21 Å². The minimum atomic E-state index is -0.356. The van der Waals surface area contributed by atoms with Crippen molar-refractivity contribution in [3.63, 3.8) is 0 Å². The van der Waals surface area contributed by atoms with Crippen LogP contribution in [0.4, 0.5) is 0 Å². The number of nitrogens with zero attached hydrogens (tertiary/aromatic N) is 1. The summed E-state index contributed by atoms with van der Waals surface area (Å²) in [6, 6.07) is 17.2. The van der Waals surface area contributed by atoms with Crippen molar-refractivity contribution in [1.29, 1.82) is 0 Å². The molecule has 3 aromatic carbocycles. The molecule has 0 fully saturated rings. The molecule has 0 radical (unpaired) electrons. The van der Waals surface area contributed by atoms with E-state index in [9.17, 15) is 4.79 Å². The summed E-state index contributed by atoms with van der Waals surface area (Å²) in [5.74, 6) is 0.948. The summed E-state index contributed by atoms with van der Waals surface area (Å²) in [5.41, 5.74) is 3.24. The molecule has 3 aromatic rings. The molecule has 0 saturated heterocycles. The Hall–Kier alpha value is -2.38. The number of ether oxygens (including phenoxy) is 2. The number of hydrazone groups is 1. The van der Waals surface area contributed by atoms with Crippen LogP contribution >= 0.6 is 31.9 Å². The fourth-order valence-corrected chi connectivity index (χ4v) is 3.38. The number of fused-ring (bicyclic) bond motifs is 1. The van der Waals surface area contributed by atoms with Crippen molar-refractivity contribution in [2.45, 2.75) is 0 Å². The second-order valence-electron chi connectivity index (χ2n) is 5.57. The first-order chi connectivity index (χ1) is 13.1. The van der Waals surface area contributed by atoms with Crippen LogP contribution in [0.2, 0.25) is 0 Å². The first kappa shape index (κ1) is 19.4. The quantitative estimate of drug-likeness (QED) is 0.394. The van der Waals surface area contributed by atoms with Gasteiger partial charge in [-0.3, -0.25) is 4.79 Å². The molecule has 5 nitrogen and oxygen atoms in total. The van der Waals surface area contributed by atoms with E-state index in [1.807, 2.05) is 54.6 Å². The smallest absolute Gasteiger partial charge is 0.277 e. The van der Waals surface area contributed by atoms with E-state index in [0.29, 0.717) is 11.5 Å². The largest absolute Gasteiger partial charge is 0.497 e. The fourth-order valence-electron chi connectivity index (χ4n) is 2.42. The Balaban J connectivity index is 1.60. The molecular formula is C20H16Br2N2O3. The fraction of sp³-hybridized carbons (Fsp3) is 0.100. The summed E-state index contributed by atoms with van der Waals surface area (Å²) in [4.78, 5) is 12.0. The van der Waals surface area contributed by atoms with Crippen molar-refractivity contribution in [2.75, 3.05) is 13.7 Å². The van der Waals surface area contributed by atoms with Gasteiger partial charge in [-0.1, -0.05) is 46.3 Å². The second kappa shape index (κ2) is 9.01. The number of amides is 1. The van der Waals surface area contributed by atoms with E-state index in [0.717, 1.165) is 25.3 Å². The Morgan fingerprint density at radius 3 is 2.78 bits per heavy atom. The highest BCUT2D eigenvalue weighted by Crippen LogP contribution is 2.32. The Kier molecular flexibility index (Phi) is 6.47. The summed E-state index contributed by atoms with van der Waals surface area (Å²) < 4.78 is 12.4. The minimum Gasteiger partial charge on any atom is -0.497 e. The summed E-state index contributed by atoms with van der Waals surface area (Å²) in [6.07, 6.45) is 1.54. The van der Waals surface area contributed by atoms with Crippen molar-refractivity contribution in [2.24, 2.45) is 5.10 Å². The average molecular weight is 492 g/mol. The number of halogens is 2. The van der Waals surface area contributed by atoms with Gasteiger partial charge in [-0.15, -0.1) is 0 Å². The lowest BCUT2D eigenvalue weighted by atomic mass is 10.1. The molecule has 0 bridgehead atoms. The lowest BCUT2D eigenvalue weighted by molar-refractivity contribution is -0.123. The van der Waals surface area contributed by atoms with Crippen LogP contribution < -0.4 is 14.9 Å². The van der Waals surface area contributed by atoms with E-state index < -0.39 is 0 Å². The molecule has 0 aliphatic rings. The summed E-state index contributed by atoms with van der Waals surface area (Å²) >= 11 is 6.96. The van der Waals surface area contributed by atoms with Gasteiger partial charge in [0, 0.05) is 10.0 Å². The number of nitrogens with one attached hydrogen (secondary N) is 1. The molecule has 0 spiro atoms. The highest BCUT2D eigenvalue weighted by Gasteiger charge is 2.08. The number of rotatable bonds is 6. The highest BCUT2D eigenvalue weighted by molar-refractivity contribution is 9.11. The van der Waals surface area contributed by atoms with Crippen LogP contribution in [0.5, 0.6) is 11.5 Å². The Morgan fingerprint density at radius 2 is 1.96 bits per heavy atom. The molecule has 27 heavy (non-hydrogen) atoms. The third kappa shape index (κ3) is 4.87. The van der Waals surface area contributed by atoms with Gasteiger partial charge >= 0.3 is 0 Å². The maximum atomic E-state index is 12.0. The van der Waals surface area contributed by atoms with Gasteiger partial charge in [0.25, 0.3) is 5.91 Å². The molecule has 7 heteroatoms. The predicted molar refractivity (Wildman–Crippen MR) is 114 cm³/mol. The van der Waals surface area contributed by atoms with E-state index in [4.69, 9.17) is 9.47 Å². The molecule has 138 valence electrons. The number of benzene rings is 3. The number of hydrogen-bond donors (Lipinski definition) is 1. The van der Waals surface area contributed by atoms with Crippen molar-refractivity contribution >= 4 is 54.8 Å². The van der Waals surface area contributed by atoms with Gasteiger partial charge in [-0.2, -0.15) is 5.10 Å². The zero-order valence-electron chi connectivity index (χ0n) is 14.4. The van der Waals surface area contributed by atoms with Gasteiger partial charge in [-0.05, 0) is 51.0 Å². The van der Waals surface area contributed by atoms with Crippen LogP contribution in [0.25, 0.3) is 10.8 Å². The third-order valence-corrected chi connectivity index (χ3v) is 5.32. The first-order valence-electron chi connectivity index (χ1n) is 8.04. The minimum absolute atomic E-state index is 0.145. The zero-order valence-corrected chi connectivity index (χ0v) is 17.6. The van der Waals surface area contributed by atoms with Crippen LogP contribution in [0.15, 0.2) is 68.6 Å². The molecule has 0 aliphatic carbocycles. The van der Waals surface area contributed by atoms with Crippen molar-refractivity contribution in [3.05, 3.63) is 69.1 Å². The van der Waals surface area contributed by atoms with Crippen LogP contribution in [0.1, 0.15) is 5.56 Å². The van der Waals surface area contributed by atoms with Gasteiger partial charge in [0.05, 0.1) is 17.8 Å². The predicted octanol–water partition coefficient (Wildman–Crippen LogP) is 4.90. The number of carbonyl (C=O) groups excluding carboxylic acids is 1. The molecule has 0 saturated carbocycles. The molecule has 0 atom stereocenters. The first-order valence-corrected chi connectivity index (χ1v) is 9.62. The van der Waals surface area contributed by atoms with Gasteiger partial charge in [0.2, 0.25) is 0 Å². The van der Waals surface area contributed by atoms with Gasteiger partial charge in [0.15, 0.2) is 6.61 Å². The highest BCUT2D eigenvalue weighted by atomic mass is 79.9. The molecule has 0 aliphatic heterocycles. The van der Waals surface area contributed by atoms with Crippen LogP contribution in [0.3, 0.4) is 0 Å². The molecule has 0 heterocycles. The Labute approximate surface area is 173 Å². The lowest BCUT2D eigenvalue weighted by Crippen LogP contribution is -2.24. The maximum absolute atomic E-state index is 12.0. The van der Waals surface area contributed by atoms with Crippen molar-refractivity contribution in [3.8, 4) is 11.5 Å². The Bertz CT molecular complexity index is 1010. The number of methoxy groups -OCH3 is 1. The van der Waals surface area contributed by atoms with Crippen LogP contribution in [-0.4, -0.2) is 25.8 Å². The topological polar surface area (TPSA) is 59.9 Å². The molecule has 1 N–H and O–H groups in total. The Morgan fingerprint density at radius 1 is 1.15 bits per heavy atom. The normalized spacial score (nSPS) is 10.9. The lowest BCUT2D eigenvalue weighted by Gasteiger charge is -2.09. The van der Waals surface area contributed by atoms with Crippen molar-refractivity contribution in [1.82, 2.24) is 5.43 Å². The van der Waals surface area contributed by atoms with Gasteiger partial charge in [0.1, 0.15) is 11.5 Å². The summed E-state index contributed by atoms with van der Waals surface area (Å²) in [7, 11) is 1.59. The second-order valence-corrected chi connectivity index (χ2v) is 7.22. The molecule has 0 aromatic heterocycles.